The number of carboxylic acids is 1. The van der Waals surface area contributed by atoms with Crippen LogP contribution in [0.2, 0.25) is 0 Å². The molecule has 0 aliphatic rings. The van der Waals surface area contributed by atoms with Gasteiger partial charge >= 0.3 is 5.97 Å². The quantitative estimate of drug-likeness (QED) is 0.721. The van der Waals surface area contributed by atoms with Gasteiger partial charge in [0.05, 0.1) is 11.7 Å². The molecule has 7 heteroatoms. The van der Waals surface area contributed by atoms with E-state index < -0.39 is 27.6 Å². The topological polar surface area (TPSA) is 91.8 Å². The number of aliphatic carboxylic acids is 1. The summed E-state index contributed by atoms with van der Waals surface area (Å²) in [6.45, 7) is 3.06. The Morgan fingerprint density at radius 3 is 2.06 bits per heavy atom. The van der Waals surface area contributed by atoms with Gasteiger partial charge < -0.3 is 10.0 Å². The van der Waals surface area contributed by atoms with Crippen LogP contribution < -0.4 is 0 Å². The number of amides is 1. The number of rotatable bonds is 6. The molecule has 0 aromatic rings. The summed E-state index contributed by atoms with van der Waals surface area (Å²) in [6, 6.07) is 0. The van der Waals surface area contributed by atoms with Crippen LogP contribution in [-0.4, -0.2) is 55.9 Å². The van der Waals surface area contributed by atoms with Crippen LogP contribution in [0.3, 0.4) is 0 Å². The standard InChI is InChI=1S/C10H19NO5S/c1-7(8(2)10(13)14)9(12)11(3)5-6-17(4,15)16/h7-8H,5-6H2,1-4H3,(H,13,14). The van der Waals surface area contributed by atoms with Crippen molar-refractivity contribution in [2.75, 3.05) is 25.6 Å². The first-order valence-electron chi connectivity index (χ1n) is 5.21. The maximum absolute atomic E-state index is 11.8. The zero-order chi connectivity index (χ0) is 13.8. The predicted octanol–water partition coefficient (Wildman–Crippen LogP) is -0.154. The van der Waals surface area contributed by atoms with Gasteiger partial charge in [-0.25, -0.2) is 8.42 Å². The van der Waals surface area contributed by atoms with Crippen LogP contribution >= 0.6 is 0 Å². The second-order valence-corrected chi connectivity index (χ2v) is 6.57. The molecule has 0 spiro atoms. The molecule has 0 aromatic heterocycles. The third-order valence-electron chi connectivity index (χ3n) is 2.70. The lowest BCUT2D eigenvalue weighted by molar-refractivity contribution is -0.148. The molecule has 0 saturated carbocycles. The second-order valence-electron chi connectivity index (χ2n) is 4.31. The molecule has 2 unspecified atom stereocenters. The van der Waals surface area contributed by atoms with Crippen LogP contribution in [0.1, 0.15) is 13.8 Å². The van der Waals surface area contributed by atoms with E-state index in [1.807, 2.05) is 0 Å². The minimum absolute atomic E-state index is 0.0777. The van der Waals surface area contributed by atoms with Crippen molar-refractivity contribution < 1.29 is 23.1 Å². The summed E-state index contributed by atoms with van der Waals surface area (Å²) in [5, 5.41) is 8.78. The number of hydrogen-bond acceptors (Lipinski definition) is 4. The van der Waals surface area contributed by atoms with Gasteiger partial charge in [0.2, 0.25) is 5.91 Å². The molecule has 6 nitrogen and oxygen atoms in total. The van der Waals surface area contributed by atoms with Gasteiger partial charge in [0.15, 0.2) is 0 Å². The van der Waals surface area contributed by atoms with E-state index in [-0.39, 0.29) is 18.2 Å². The van der Waals surface area contributed by atoms with Crippen LogP contribution in [-0.2, 0) is 19.4 Å². The molecular formula is C10H19NO5S. The van der Waals surface area contributed by atoms with E-state index in [1.54, 1.807) is 0 Å². The summed E-state index contributed by atoms with van der Waals surface area (Å²) in [7, 11) is -1.65. The van der Waals surface area contributed by atoms with Crippen molar-refractivity contribution in [2.45, 2.75) is 13.8 Å². The number of nitrogens with zero attached hydrogens (tertiary/aromatic N) is 1. The average Bonchev–Trinajstić information content (AvgIpc) is 2.21. The van der Waals surface area contributed by atoms with Crippen LogP contribution in [0, 0.1) is 11.8 Å². The van der Waals surface area contributed by atoms with Gasteiger partial charge in [-0.3, -0.25) is 9.59 Å². The third kappa shape index (κ3) is 5.67. The molecule has 17 heavy (non-hydrogen) atoms. The Morgan fingerprint density at radius 2 is 1.71 bits per heavy atom. The first-order valence-corrected chi connectivity index (χ1v) is 7.28. The van der Waals surface area contributed by atoms with Crippen molar-refractivity contribution in [2.24, 2.45) is 11.8 Å². The fourth-order valence-electron chi connectivity index (χ4n) is 1.19. The largest absolute Gasteiger partial charge is 0.481 e. The summed E-state index contributed by atoms with van der Waals surface area (Å²) in [5.74, 6) is -2.98. The molecule has 0 bridgehead atoms. The van der Waals surface area contributed by atoms with E-state index >= 15 is 0 Å². The van der Waals surface area contributed by atoms with E-state index in [4.69, 9.17) is 5.11 Å². The summed E-state index contributed by atoms with van der Waals surface area (Å²) in [6.07, 6.45) is 1.09. The van der Waals surface area contributed by atoms with Crippen LogP contribution in [0.25, 0.3) is 0 Å². The highest BCUT2D eigenvalue weighted by Crippen LogP contribution is 2.13. The first kappa shape index (κ1) is 15.9. The van der Waals surface area contributed by atoms with Crippen LogP contribution in [0.4, 0.5) is 0 Å². The van der Waals surface area contributed by atoms with Gasteiger partial charge in [-0.15, -0.1) is 0 Å². The number of sulfone groups is 1. The minimum Gasteiger partial charge on any atom is -0.481 e. The Bertz CT molecular complexity index is 390. The molecule has 2 atom stereocenters. The molecule has 0 aromatic carbocycles. The smallest absolute Gasteiger partial charge is 0.307 e. The Hall–Kier alpha value is -1.11. The molecule has 0 aliphatic carbocycles. The molecule has 0 fully saturated rings. The van der Waals surface area contributed by atoms with E-state index in [1.165, 1.54) is 25.8 Å². The maximum atomic E-state index is 11.8. The maximum Gasteiger partial charge on any atom is 0.307 e. The molecular weight excluding hydrogens is 246 g/mol. The first-order chi connectivity index (χ1) is 7.56. The highest BCUT2D eigenvalue weighted by atomic mass is 32.2. The minimum atomic E-state index is -3.13. The predicted molar refractivity (Wildman–Crippen MR) is 63.3 cm³/mol. The Balaban J connectivity index is 4.45. The van der Waals surface area contributed by atoms with E-state index in [9.17, 15) is 18.0 Å². The summed E-state index contributed by atoms with van der Waals surface area (Å²) in [4.78, 5) is 23.7. The van der Waals surface area contributed by atoms with Crippen molar-refractivity contribution in [1.29, 1.82) is 0 Å². The Kier molecular flexibility index (Phi) is 5.60. The highest BCUT2D eigenvalue weighted by molar-refractivity contribution is 7.90. The molecule has 0 saturated heterocycles. The number of carboxylic acid groups (broad SMARTS) is 1. The van der Waals surface area contributed by atoms with Gasteiger partial charge in [0.1, 0.15) is 9.84 Å². The molecule has 0 aliphatic heterocycles. The van der Waals surface area contributed by atoms with Gasteiger partial charge in [0.25, 0.3) is 0 Å². The van der Waals surface area contributed by atoms with Crippen molar-refractivity contribution in [3.63, 3.8) is 0 Å². The van der Waals surface area contributed by atoms with Crippen molar-refractivity contribution >= 4 is 21.7 Å². The SMILES string of the molecule is CC(C(=O)O)C(C)C(=O)N(C)CCS(C)(=O)=O. The van der Waals surface area contributed by atoms with Gasteiger partial charge in [-0.05, 0) is 0 Å². The van der Waals surface area contributed by atoms with Crippen molar-refractivity contribution in [3.8, 4) is 0 Å². The van der Waals surface area contributed by atoms with E-state index in [0.29, 0.717) is 0 Å². The van der Waals surface area contributed by atoms with Crippen molar-refractivity contribution in [1.82, 2.24) is 4.90 Å². The fourth-order valence-corrected chi connectivity index (χ4v) is 1.79. The lowest BCUT2D eigenvalue weighted by Gasteiger charge is -2.23. The number of carbonyl (C=O) groups is 2. The lowest BCUT2D eigenvalue weighted by Crippen LogP contribution is -2.38. The van der Waals surface area contributed by atoms with Crippen LogP contribution in [0.15, 0.2) is 0 Å². The normalized spacial score (nSPS) is 15.1. The fraction of sp³-hybridized carbons (Fsp3) is 0.800. The van der Waals surface area contributed by atoms with Gasteiger partial charge in [0, 0.05) is 25.8 Å². The molecule has 0 rings (SSSR count). The van der Waals surface area contributed by atoms with Crippen molar-refractivity contribution in [3.05, 3.63) is 0 Å². The molecule has 1 amide bonds. The lowest BCUT2D eigenvalue weighted by atomic mass is 9.95. The monoisotopic (exact) mass is 265 g/mol. The van der Waals surface area contributed by atoms with E-state index in [2.05, 4.69) is 0 Å². The Labute approximate surface area is 102 Å². The molecule has 0 heterocycles. The third-order valence-corrected chi connectivity index (χ3v) is 3.63. The zero-order valence-electron chi connectivity index (χ0n) is 10.5. The zero-order valence-corrected chi connectivity index (χ0v) is 11.3. The summed E-state index contributed by atoms with van der Waals surface area (Å²) in [5.41, 5.74) is 0. The Morgan fingerprint density at radius 1 is 1.24 bits per heavy atom. The number of hydrogen-bond donors (Lipinski definition) is 1. The van der Waals surface area contributed by atoms with E-state index in [0.717, 1.165) is 6.26 Å². The summed E-state index contributed by atoms with van der Waals surface area (Å²) < 4.78 is 21.9. The van der Waals surface area contributed by atoms with Crippen LogP contribution in [0.5, 0.6) is 0 Å². The second kappa shape index (κ2) is 6.00. The molecule has 1 N–H and O–H groups in total. The summed E-state index contributed by atoms with van der Waals surface area (Å²) >= 11 is 0. The van der Waals surface area contributed by atoms with Gasteiger partial charge in [-0.1, -0.05) is 13.8 Å². The van der Waals surface area contributed by atoms with Gasteiger partial charge in [-0.2, -0.15) is 0 Å². The number of carbonyl (C=O) groups excluding carboxylic acids is 1. The average molecular weight is 265 g/mol. The molecule has 100 valence electrons. The molecule has 0 radical (unpaired) electrons. The highest BCUT2D eigenvalue weighted by Gasteiger charge is 2.28.